The number of nitrogens with zero attached hydrogens (tertiary/aromatic N) is 4. The van der Waals surface area contributed by atoms with Crippen molar-refractivity contribution in [3.05, 3.63) is 114 Å². The molecule has 3 aromatic rings. The number of aryl methyl sites for hydroxylation is 2. The zero-order valence-electron chi connectivity index (χ0n) is 18.0. The second-order valence-electron chi connectivity index (χ2n) is 7.37. The van der Waals surface area contributed by atoms with Gasteiger partial charge in [0.2, 0.25) is 0 Å². The molecule has 0 amide bonds. The van der Waals surface area contributed by atoms with Crippen molar-refractivity contribution < 1.29 is 0 Å². The van der Waals surface area contributed by atoms with Crippen LogP contribution >= 0.6 is 0 Å². The molecule has 3 heterocycles. The highest BCUT2D eigenvalue weighted by atomic mass is 15.2. The molecule has 0 radical (unpaired) electrons. The highest BCUT2D eigenvalue weighted by Gasteiger charge is 2.13. The Balaban J connectivity index is 1.67. The molecule has 0 saturated heterocycles. The monoisotopic (exact) mass is 407 g/mol. The van der Waals surface area contributed by atoms with Crippen molar-refractivity contribution in [1.29, 1.82) is 0 Å². The lowest BCUT2D eigenvalue weighted by molar-refractivity contribution is 0.763. The molecule has 0 fully saturated rings. The third-order valence-corrected chi connectivity index (χ3v) is 5.10. The average molecular weight is 408 g/mol. The van der Waals surface area contributed by atoms with Gasteiger partial charge >= 0.3 is 0 Å². The smallest absolute Gasteiger partial charge is 0.118 e. The third kappa shape index (κ3) is 4.46. The van der Waals surface area contributed by atoms with E-state index in [0.717, 1.165) is 50.6 Å². The minimum absolute atomic E-state index is 0.835. The van der Waals surface area contributed by atoms with E-state index in [1.54, 1.807) is 4.68 Å². The van der Waals surface area contributed by atoms with E-state index in [1.807, 2.05) is 69.7 Å². The number of allylic oxidation sites excluding steroid dienone is 11. The minimum atomic E-state index is 0.835. The van der Waals surface area contributed by atoms with Crippen molar-refractivity contribution in [3.8, 4) is 11.4 Å². The van der Waals surface area contributed by atoms with E-state index in [4.69, 9.17) is 0 Å². The molecule has 1 aliphatic carbocycles. The van der Waals surface area contributed by atoms with Crippen LogP contribution in [0.25, 0.3) is 22.5 Å². The van der Waals surface area contributed by atoms with E-state index in [9.17, 15) is 0 Å². The van der Waals surface area contributed by atoms with Crippen LogP contribution in [0, 0.1) is 6.92 Å². The summed E-state index contributed by atoms with van der Waals surface area (Å²) in [5.74, 6) is 0. The Morgan fingerprint density at radius 2 is 2.03 bits per heavy atom. The van der Waals surface area contributed by atoms with Crippen molar-refractivity contribution in [1.82, 2.24) is 25.0 Å². The molecule has 5 nitrogen and oxygen atoms in total. The fourth-order valence-corrected chi connectivity index (χ4v) is 3.45. The van der Waals surface area contributed by atoms with Crippen LogP contribution < -0.4 is 0 Å². The summed E-state index contributed by atoms with van der Waals surface area (Å²) in [5.41, 5.74) is 8.65. The van der Waals surface area contributed by atoms with Gasteiger partial charge in [-0.3, -0.25) is 14.8 Å². The highest BCUT2D eigenvalue weighted by Crippen LogP contribution is 2.29. The molecule has 3 aromatic heterocycles. The Kier molecular flexibility index (Phi) is 5.76. The molecule has 154 valence electrons. The molecule has 5 heteroatoms. The zero-order chi connectivity index (χ0) is 21.8. The molecule has 0 spiro atoms. The van der Waals surface area contributed by atoms with Gasteiger partial charge in [-0.05, 0) is 60.4 Å². The Labute approximate surface area is 182 Å². The van der Waals surface area contributed by atoms with Crippen LogP contribution in [-0.4, -0.2) is 25.0 Å². The summed E-state index contributed by atoms with van der Waals surface area (Å²) in [6, 6.07) is 7.97. The predicted molar refractivity (Wildman–Crippen MR) is 127 cm³/mol. The van der Waals surface area contributed by atoms with Gasteiger partial charge in [0, 0.05) is 30.7 Å². The summed E-state index contributed by atoms with van der Waals surface area (Å²) in [6.07, 6.45) is 18.3. The summed E-state index contributed by atoms with van der Waals surface area (Å²) in [4.78, 5) is 4.62. The van der Waals surface area contributed by atoms with E-state index in [0.29, 0.717) is 0 Å². The number of rotatable bonds is 4. The fourth-order valence-electron chi connectivity index (χ4n) is 3.45. The van der Waals surface area contributed by atoms with Gasteiger partial charge in [-0.2, -0.15) is 10.2 Å². The Morgan fingerprint density at radius 1 is 1.16 bits per heavy atom. The standard InChI is InChI=1S/C26H25N5/c1-5-20(24-14-15-31(4)30-24)16-22-10-7-9-21(13-12-18(22)2)23-17-27-29-26(23)25-11-6-8-19(3)28-25/h5-17H,2H2,1,3-4H3,(H,27,29)/b10-7+,13-12-,20-5+,21-9-,22-16-. The average Bonchev–Trinajstić information content (AvgIpc) is 3.40. The summed E-state index contributed by atoms with van der Waals surface area (Å²) in [6.45, 7) is 8.27. The van der Waals surface area contributed by atoms with Crippen LogP contribution in [-0.2, 0) is 7.05 Å². The Hall–Kier alpha value is -3.99. The van der Waals surface area contributed by atoms with E-state index in [2.05, 4.69) is 57.2 Å². The minimum Gasteiger partial charge on any atom is -0.284 e. The summed E-state index contributed by atoms with van der Waals surface area (Å²) < 4.78 is 1.81. The third-order valence-electron chi connectivity index (χ3n) is 5.10. The maximum atomic E-state index is 4.62. The summed E-state index contributed by atoms with van der Waals surface area (Å²) in [5, 5.41) is 11.9. The van der Waals surface area contributed by atoms with Crippen molar-refractivity contribution in [2.45, 2.75) is 13.8 Å². The SMILES string of the molecule is C=C1\C=C/C(c2c[nH]nc2-c2cccc(C)n2)=C/C=C/C1=C/C(=C\C)c1ccn(C)n1. The first-order valence-corrected chi connectivity index (χ1v) is 10.2. The first-order valence-electron chi connectivity index (χ1n) is 10.2. The topological polar surface area (TPSA) is 59.4 Å². The second-order valence-corrected chi connectivity index (χ2v) is 7.37. The van der Waals surface area contributed by atoms with E-state index < -0.39 is 0 Å². The highest BCUT2D eigenvalue weighted by molar-refractivity contribution is 5.84. The van der Waals surface area contributed by atoms with E-state index in [1.165, 1.54) is 0 Å². The van der Waals surface area contributed by atoms with Crippen LogP contribution in [0.5, 0.6) is 0 Å². The molecule has 0 saturated carbocycles. The molecule has 0 atom stereocenters. The van der Waals surface area contributed by atoms with Gasteiger partial charge in [0.15, 0.2) is 0 Å². The van der Waals surface area contributed by atoms with Gasteiger partial charge in [-0.25, -0.2) is 0 Å². The maximum Gasteiger partial charge on any atom is 0.118 e. The van der Waals surface area contributed by atoms with Gasteiger partial charge < -0.3 is 0 Å². The maximum absolute atomic E-state index is 4.62. The molecular formula is C26H25N5. The Bertz CT molecular complexity index is 1270. The lowest BCUT2D eigenvalue weighted by atomic mass is 9.96. The molecule has 1 aliphatic rings. The molecule has 1 N–H and O–H groups in total. The van der Waals surface area contributed by atoms with Crippen molar-refractivity contribution in [3.63, 3.8) is 0 Å². The lowest BCUT2D eigenvalue weighted by Gasteiger charge is -2.09. The van der Waals surface area contributed by atoms with Crippen LogP contribution in [0.2, 0.25) is 0 Å². The van der Waals surface area contributed by atoms with Gasteiger partial charge in [-0.15, -0.1) is 0 Å². The van der Waals surface area contributed by atoms with Gasteiger partial charge in [0.05, 0.1) is 11.4 Å². The number of pyridine rings is 1. The summed E-state index contributed by atoms with van der Waals surface area (Å²) in [7, 11) is 1.92. The number of aromatic nitrogens is 5. The molecular weight excluding hydrogens is 382 g/mol. The molecule has 0 aliphatic heterocycles. The number of nitrogens with one attached hydrogen (secondary N) is 1. The number of aromatic amines is 1. The second kappa shape index (κ2) is 8.79. The Morgan fingerprint density at radius 3 is 2.77 bits per heavy atom. The van der Waals surface area contributed by atoms with Crippen LogP contribution in [0.3, 0.4) is 0 Å². The van der Waals surface area contributed by atoms with Crippen LogP contribution in [0.15, 0.2) is 96.9 Å². The zero-order valence-corrected chi connectivity index (χ0v) is 18.0. The molecule has 31 heavy (non-hydrogen) atoms. The predicted octanol–water partition coefficient (Wildman–Crippen LogP) is 5.61. The van der Waals surface area contributed by atoms with E-state index in [-0.39, 0.29) is 0 Å². The van der Waals surface area contributed by atoms with Gasteiger partial charge in [0.25, 0.3) is 0 Å². The summed E-state index contributed by atoms with van der Waals surface area (Å²) >= 11 is 0. The van der Waals surface area contributed by atoms with Gasteiger partial charge in [0.1, 0.15) is 5.69 Å². The molecule has 0 unspecified atom stereocenters. The van der Waals surface area contributed by atoms with E-state index >= 15 is 0 Å². The lowest BCUT2D eigenvalue weighted by Crippen LogP contribution is -1.93. The normalized spacial score (nSPS) is 19.6. The quantitative estimate of drug-likeness (QED) is 0.612. The first-order chi connectivity index (χ1) is 15.0. The van der Waals surface area contributed by atoms with Crippen molar-refractivity contribution >= 4 is 11.1 Å². The number of hydrogen-bond donors (Lipinski definition) is 1. The number of H-pyrrole nitrogens is 1. The molecule has 4 rings (SSSR count). The largest absolute Gasteiger partial charge is 0.284 e. The van der Waals surface area contributed by atoms with Crippen LogP contribution in [0.1, 0.15) is 23.9 Å². The molecule has 0 bridgehead atoms. The fraction of sp³-hybridized carbons (Fsp3) is 0.115. The first kappa shape index (κ1) is 20.3. The van der Waals surface area contributed by atoms with Crippen LogP contribution in [0.4, 0.5) is 0 Å². The molecule has 0 aromatic carbocycles. The van der Waals surface area contributed by atoms with Crippen molar-refractivity contribution in [2.24, 2.45) is 7.05 Å². The van der Waals surface area contributed by atoms with Gasteiger partial charge in [-0.1, -0.05) is 49.1 Å². The number of hydrogen-bond acceptors (Lipinski definition) is 3. The van der Waals surface area contributed by atoms with Crippen molar-refractivity contribution in [2.75, 3.05) is 0 Å².